The van der Waals surface area contributed by atoms with E-state index in [0.717, 1.165) is 0 Å². The summed E-state index contributed by atoms with van der Waals surface area (Å²) in [5.41, 5.74) is -1.47. The predicted octanol–water partition coefficient (Wildman–Crippen LogP) is 3.46. The number of nitrogens with zero attached hydrogens (tertiary/aromatic N) is 2. The standard InChI is InChI=1S/C24H34ClFN2O5/c1-13-7-16(25)8-18(26)20(13)24(32)14(2)10-27(11-15(24)3)21(30)19-9-17(29)12-28(19)22(31)33-23(4,5)6/h7-8,14-15,17,19,29,32H,9-12H2,1-6H3/t14-,15+,17-,19+,24?/m1/s1. The van der Waals surface area contributed by atoms with Gasteiger partial charge in [0.2, 0.25) is 5.91 Å². The van der Waals surface area contributed by atoms with Gasteiger partial charge in [-0.15, -0.1) is 0 Å². The van der Waals surface area contributed by atoms with E-state index < -0.39 is 47.1 Å². The van der Waals surface area contributed by atoms with Crippen molar-refractivity contribution < 1.29 is 28.9 Å². The van der Waals surface area contributed by atoms with E-state index in [1.165, 1.54) is 11.0 Å². The van der Waals surface area contributed by atoms with Crippen molar-refractivity contribution >= 4 is 23.6 Å². The number of hydrogen-bond acceptors (Lipinski definition) is 5. The van der Waals surface area contributed by atoms with Crippen molar-refractivity contribution in [2.75, 3.05) is 19.6 Å². The third kappa shape index (κ3) is 4.98. The minimum Gasteiger partial charge on any atom is -0.444 e. The van der Waals surface area contributed by atoms with Crippen molar-refractivity contribution in [2.24, 2.45) is 11.8 Å². The van der Waals surface area contributed by atoms with Gasteiger partial charge >= 0.3 is 6.09 Å². The molecule has 1 aromatic carbocycles. The zero-order valence-corrected chi connectivity index (χ0v) is 20.8. The average molecular weight is 485 g/mol. The van der Waals surface area contributed by atoms with E-state index in [9.17, 15) is 24.2 Å². The number of ether oxygens (including phenoxy) is 1. The topological polar surface area (TPSA) is 90.3 Å². The van der Waals surface area contributed by atoms with Gasteiger partial charge in [0.1, 0.15) is 23.1 Å². The van der Waals surface area contributed by atoms with Gasteiger partial charge in [0, 0.05) is 41.9 Å². The lowest BCUT2D eigenvalue weighted by atomic mass is 9.69. The first-order chi connectivity index (χ1) is 15.1. The summed E-state index contributed by atoms with van der Waals surface area (Å²) in [5.74, 6) is -1.86. The van der Waals surface area contributed by atoms with Crippen LogP contribution in [0, 0.1) is 24.6 Å². The molecule has 5 atom stereocenters. The zero-order chi connectivity index (χ0) is 24.9. The monoisotopic (exact) mass is 484 g/mol. The Morgan fingerprint density at radius 1 is 1.18 bits per heavy atom. The highest BCUT2D eigenvalue weighted by Gasteiger charge is 2.51. The molecule has 0 spiro atoms. The summed E-state index contributed by atoms with van der Waals surface area (Å²) < 4.78 is 20.3. The second-order valence-electron chi connectivity index (χ2n) is 10.5. The van der Waals surface area contributed by atoms with Gasteiger partial charge < -0.3 is 19.8 Å². The van der Waals surface area contributed by atoms with Crippen molar-refractivity contribution in [1.82, 2.24) is 9.80 Å². The van der Waals surface area contributed by atoms with Crippen LogP contribution in [0.4, 0.5) is 9.18 Å². The van der Waals surface area contributed by atoms with Gasteiger partial charge in [-0.3, -0.25) is 9.69 Å². The maximum absolute atomic E-state index is 14.9. The third-order valence-corrected chi connectivity index (χ3v) is 6.87. The van der Waals surface area contributed by atoms with E-state index in [1.54, 1.807) is 52.5 Å². The molecule has 1 aromatic rings. The summed E-state index contributed by atoms with van der Waals surface area (Å²) in [6.07, 6.45) is -1.35. The SMILES string of the molecule is Cc1cc(Cl)cc(F)c1C1(O)[C@H](C)CN(C(=O)[C@@H]2C[C@@H](O)CN2C(=O)OC(C)(C)C)C[C@@H]1C. The van der Waals surface area contributed by atoms with E-state index >= 15 is 0 Å². The highest BCUT2D eigenvalue weighted by atomic mass is 35.5. The van der Waals surface area contributed by atoms with Crippen molar-refractivity contribution in [3.8, 4) is 0 Å². The van der Waals surface area contributed by atoms with Gasteiger partial charge in [0.25, 0.3) is 0 Å². The molecule has 2 heterocycles. The highest BCUT2D eigenvalue weighted by molar-refractivity contribution is 6.30. The van der Waals surface area contributed by atoms with Crippen LogP contribution in [0.3, 0.4) is 0 Å². The molecule has 7 nitrogen and oxygen atoms in total. The molecule has 2 N–H and O–H groups in total. The number of halogens is 2. The van der Waals surface area contributed by atoms with E-state index in [2.05, 4.69) is 0 Å². The Labute approximate surface area is 199 Å². The summed E-state index contributed by atoms with van der Waals surface area (Å²) in [5, 5.41) is 22.1. The number of likely N-dealkylation sites (tertiary alicyclic amines) is 2. The number of piperidine rings is 1. The molecule has 184 valence electrons. The van der Waals surface area contributed by atoms with E-state index in [4.69, 9.17) is 16.3 Å². The van der Waals surface area contributed by atoms with Crippen LogP contribution in [0.25, 0.3) is 0 Å². The molecule has 2 amide bonds. The Morgan fingerprint density at radius 2 is 1.76 bits per heavy atom. The number of aliphatic hydroxyl groups excluding tert-OH is 1. The average Bonchev–Trinajstić information content (AvgIpc) is 3.05. The van der Waals surface area contributed by atoms with Gasteiger partial charge in [0.15, 0.2) is 0 Å². The van der Waals surface area contributed by atoms with Gasteiger partial charge in [-0.25, -0.2) is 9.18 Å². The first-order valence-electron chi connectivity index (χ1n) is 11.3. The second kappa shape index (κ2) is 9.04. The molecule has 3 rings (SSSR count). The van der Waals surface area contributed by atoms with Crippen LogP contribution in [-0.2, 0) is 15.1 Å². The third-order valence-electron chi connectivity index (χ3n) is 6.65. The molecule has 2 fully saturated rings. The van der Waals surface area contributed by atoms with Crippen LogP contribution >= 0.6 is 11.6 Å². The van der Waals surface area contributed by atoms with Gasteiger partial charge in [-0.05, 0) is 45.4 Å². The molecule has 0 aromatic heterocycles. The highest BCUT2D eigenvalue weighted by Crippen LogP contribution is 2.44. The zero-order valence-electron chi connectivity index (χ0n) is 20.1. The molecule has 2 saturated heterocycles. The van der Waals surface area contributed by atoms with Crippen molar-refractivity contribution in [3.63, 3.8) is 0 Å². The predicted molar refractivity (Wildman–Crippen MR) is 122 cm³/mol. The largest absolute Gasteiger partial charge is 0.444 e. The first kappa shape index (κ1) is 25.7. The summed E-state index contributed by atoms with van der Waals surface area (Å²) >= 11 is 5.97. The number of β-amino-alcohol motifs (C(OH)–C–C–N with tert-alkyl or cyclic N) is 1. The molecule has 9 heteroatoms. The number of aryl methyl sites for hydroxylation is 1. The van der Waals surface area contributed by atoms with Crippen LogP contribution in [-0.4, -0.2) is 69.4 Å². The number of carbonyl (C=O) groups excluding carboxylic acids is 2. The van der Waals surface area contributed by atoms with Gasteiger partial charge in [0.05, 0.1) is 12.6 Å². The van der Waals surface area contributed by atoms with Gasteiger partial charge in [-0.2, -0.15) is 0 Å². The molecule has 2 aliphatic rings. The number of rotatable bonds is 2. The molecule has 1 unspecified atom stereocenters. The smallest absolute Gasteiger partial charge is 0.411 e. The van der Waals surface area contributed by atoms with E-state index in [0.29, 0.717) is 5.56 Å². The fraction of sp³-hybridized carbons (Fsp3) is 0.667. The fourth-order valence-electron chi connectivity index (χ4n) is 5.16. The van der Waals surface area contributed by atoms with Crippen LogP contribution in [0.2, 0.25) is 5.02 Å². The van der Waals surface area contributed by atoms with Crippen LogP contribution in [0.5, 0.6) is 0 Å². The molecular formula is C24H34ClFN2O5. The summed E-state index contributed by atoms with van der Waals surface area (Å²) in [6.45, 7) is 10.8. The number of amides is 2. The van der Waals surface area contributed by atoms with Crippen LogP contribution < -0.4 is 0 Å². The van der Waals surface area contributed by atoms with Crippen LogP contribution in [0.15, 0.2) is 12.1 Å². The molecule has 0 aliphatic carbocycles. The minimum absolute atomic E-state index is 0.0172. The first-order valence-corrected chi connectivity index (χ1v) is 11.7. The maximum Gasteiger partial charge on any atom is 0.411 e. The normalized spacial score (nSPS) is 30.5. The lowest BCUT2D eigenvalue weighted by Crippen LogP contribution is -2.59. The van der Waals surface area contributed by atoms with E-state index in [1.807, 2.05) is 0 Å². The summed E-state index contributed by atoms with van der Waals surface area (Å²) in [6, 6.07) is 1.96. The molecule has 0 radical (unpaired) electrons. The molecular weight excluding hydrogens is 451 g/mol. The molecule has 33 heavy (non-hydrogen) atoms. The number of carbonyl (C=O) groups is 2. The Kier molecular flexibility index (Phi) is 7.05. The Hall–Kier alpha value is -1.90. The van der Waals surface area contributed by atoms with Crippen LogP contribution in [0.1, 0.15) is 52.2 Å². The Bertz CT molecular complexity index is 899. The second-order valence-corrected chi connectivity index (χ2v) is 10.9. The van der Waals surface area contributed by atoms with Gasteiger partial charge in [-0.1, -0.05) is 25.4 Å². The molecule has 0 saturated carbocycles. The molecule has 0 bridgehead atoms. The van der Waals surface area contributed by atoms with Crippen molar-refractivity contribution in [3.05, 3.63) is 34.1 Å². The number of hydrogen-bond donors (Lipinski definition) is 2. The lowest BCUT2D eigenvalue weighted by molar-refractivity contribution is -0.153. The summed E-state index contributed by atoms with van der Waals surface area (Å²) in [4.78, 5) is 29.0. The Balaban J connectivity index is 1.83. The fourth-order valence-corrected chi connectivity index (χ4v) is 5.42. The van der Waals surface area contributed by atoms with Crippen molar-refractivity contribution in [2.45, 2.75) is 71.3 Å². The Morgan fingerprint density at radius 3 is 2.27 bits per heavy atom. The molecule has 2 aliphatic heterocycles. The quantitative estimate of drug-likeness (QED) is 0.671. The number of aliphatic hydroxyl groups is 2. The van der Waals surface area contributed by atoms with Crippen molar-refractivity contribution in [1.29, 1.82) is 0 Å². The number of benzene rings is 1. The minimum atomic E-state index is -1.49. The summed E-state index contributed by atoms with van der Waals surface area (Å²) in [7, 11) is 0. The lowest BCUT2D eigenvalue weighted by Gasteiger charge is -2.49. The maximum atomic E-state index is 14.9. The van der Waals surface area contributed by atoms with E-state index in [-0.39, 0.29) is 42.5 Å².